The number of aromatic nitrogens is 2. The number of likely N-dealkylation sites (tertiary alicyclic amines) is 1. The molecule has 5 rings (SSSR count). The molecule has 4 aliphatic heterocycles. The van der Waals surface area contributed by atoms with Crippen molar-refractivity contribution < 1.29 is 9.53 Å². The van der Waals surface area contributed by atoms with Gasteiger partial charge in [0.2, 0.25) is 0 Å². The van der Waals surface area contributed by atoms with Gasteiger partial charge in [-0.2, -0.15) is 4.91 Å². The van der Waals surface area contributed by atoms with Crippen LogP contribution in [0.25, 0.3) is 0 Å². The number of aromatic amines is 1. The number of hydrogen-bond donors (Lipinski definition) is 3. The van der Waals surface area contributed by atoms with Gasteiger partial charge in [0, 0.05) is 70.2 Å². The van der Waals surface area contributed by atoms with Gasteiger partial charge >= 0.3 is 0 Å². The Kier molecular flexibility index (Phi) is 10.8. The Balaban J connectivity index is 1.13. The number of ether oxygens (including phenoxy) is 1. The lowest BCUT2D eigenvalue weighted by atomic mass is 9.99. The summed E-state index contributed by atoms with van der Waals surface area (Å²) in [6.45, 7) is 12.9. The smallest absolute Gasteiger partial charge is 0.291 e. The van der Waals surface area contributed by atoms with Crippen LogP contribution in [-0.2, 0) is 4.74 Å². The van der Waals surface area contributed by atoms with E-state index >= 15 is 0 Å². The number of rotatable bonds is 8. The molecule has 3 saturated heterocycles. The highest BCUT2D eigenvalue weighted by molar-refractivity contribution is 5.96. The van der Waals surface area contributed by atoms with Crippen LogP contribution in [-0.4, -0.2) is 127 Å². The second-order valence-corrected chi connectivity index (χ2v) is 12.0. The van der Waals surface area contributed by atoms with E-state index in [2.05, 4.69) is 61.2 Å². The fourth-order valence-electron chi connectivity index (χ4n) is 6.60. The Bertz CT molecular complexity index is 1330. The minimum absolute atomic E-state index is 0.0495. The first-order valence-corrected chi connectivity index (χ1v) is 15.8. The van der Waals surface area contributed by atoms with E-state index in [1.165, 1.54) is 5.57 Å². The maximum Gasteiger partial charge on any atom is 0.291 e. The molecule has 0 aliphatic carbocycles. The number of piperazine rings is 1. The van der Waals surface area contributed by atoms with E-state index in [-0.39, 0.29) is 36.5 Å². The fourth-order valence-corrected chi connectivity index (χ4v) is 6.60. The number of allylic oxidation sites excluding steroid dienone is 2. The van der Waals surface area contributed by atoms with Gasteiger partial charge in [-0.05, 0) is 64.3 Å². The highest BCUT2D eigenvalue weighted by Crippen LogP contribution is 2.25. The van der Waals surface area contributed by atoms with E-state index in [4.69, 9.17) is 15.5 Å². The van der Waals surface area contributed by atoms with Crippen molar-refractivity contribution in [1.29, 1.82) is 0 Å². The molecule has 240 valence electrons. The Labute approximate surface area is 258 Å². The standard InChI is InChI=1S/C30H46N10O4/c1-21-19-39(28-30(42)35-26(27(31)36-28)29(41)32-9-10-33-43)14-15-40(21)24-7-12-37(13-8-24)20-23-5-3-6-25(34-22(23)2)38-11-4-17-44-18-16-38/h3,6,21,24H,4-5,7-20H2,1-2H3,(H2,31,36)(H,32,41)(H,35,42). The molecular formula is C30H46N10O4. The van der Waals surface area contributed by atoms with Crippen molar-refractivity contribution in [1.82, 2.24) is 30.0 Å². The van der Waals surface area contributed by atoms with Crippen LogP contribution in [0.5, 0.6) is 0 Å². The molecule has 14 heteroatoms. The number of carbonyl (C=O) groups excluding carboxylic acids is 1. The van der Waals surface area contributed by atoms with Crippen molar-refractivity contribution in [2.75, 3.05) is 89.3 Å². The normalized spacial score (nSPS) is 22.9. The first-order valence-electron chi connectivity index (χ1n) is 15.8. The van der Waals surface area contributed by atoms with Gasteiger partial charge in [0.15, 0.2) is 11.6 Å². The zero-order valence-corrected chi connectivity index (χ0v) is 26.0. The van der Waals surface area contributed by atoms with Crippen LogP contribution < -0.4 is 21.5 Å². The molecular weight excluding hydrogens is 564 g/mol. The topological polar surface area (TPSA) is 165 Å². The molecule has 4 N–H and O–H groups in total. The monoisotopic (exact) mass is 610 g/mol. The number of H-pyrrole nitrogens is 1. The molecule has 3 fully saturated rings. The lowest BCUT2D eigenvalue weighted by Gasteiger charge is -2.46. The number of anilines is 2. The number of amidine groups is 1. The van der Waals surface area contributed by atoms with Crippen molar-refractivity contribution in [3.05, 3.63) is 44.4 Å². The third kappa shape index (κ3) is 7.71. The van der Waals surface area contributed by atoms with Crippen molar-refractivity contribution in [2.24, 2.45) is 10.2 Å². The van der Waals surface area contributed by atoms with Crippen molar-refractivity contribution in [3.8, 4) is 0 Å². The second kappa shape index (κ2) is 14.9. The van der Waals surface area contributed by atoms with Gasteiger partial charge < -0.3 is 30.6 Å². The lowest BCUT2D eigenvalue weighted by molar-refractivity contribution is 0.0740. The zero-order chi connectivity index (χ0) is 31.1. The number of carbonyl (C=O) groups is 1. The van der Waals surface area contributed by atoms with Gasteiger partial charge in [-0.3, -0.25) is 19.4 Å². The van der Waals surface area contributed by atoms with Crippen molar-refractivity contribution in [3.63, 3.8) is 0 Å². The van der Waals surface area contributed by atoms with E-state index in [1.807, 2.05) is 4.90 Å². The molecule has 4 aliphatic rings. The summed E-state index contributed by atoms with van der Waals surface area (Å²) in [6, 6.07) is 0.723. The number of nitrogens with zero attached hydrogens (tertiary/aromatic N) is 7. The quantitative estimate of drug-likeness (QED) is 0.288. The van der Waals surface area contributed by atoms with Crippen LogP contribution in [0.4, 0.5) is 11.6 Å². The zero-order valence-electron chi connectivity index (χ0n) is 26.0. The third-order valence-corrected chi connectivity index (χ3v) is 9.03. The molecule has 0 saturated carbocycles. The van der Waals surface area contributed by atoms with Crippen molar-refractivity contribution >= 4 is 23.4 Å². The van der Waals surface area contributed by atoms with Crippen LogP contribution in [0, 0.1) is 4.91 Å². The first-order chi connectivity index (χ1) is 21.3. The molecule has 14 nitrogen and oxygen atoms in total. The van der Waals surface area contributed by atoms with Gasteiger partial charge in [0.1, 0.15) is 11.5 Å². The Morgan fingerprint density at radius 3 is 2.75 bits per heavy atom. The minimum Gasteiger partial charge on any atom is -0.382 e. The largest absolute Gasteiger partial charge is 0.382 e. The predicted octanol–water partition coefficient (Wildman–Crippen LogP) is 1.18. The number of nitrogen functional groups attached to an aromatic ring is 1. The molecule has 1 atom stereocenters. The van der Waals surface area contributed by atoms with E-state index in [0.717, 1.165) is 89.7 Å². The Hall–Kier alpha value is -3.62. The molecule has 1 unspecified atom stereocenters. The first kappa shape index (κ1) is 31.8. The molecule has 0 bridgehead atoms. The molecule has 1 aromatic heterocycles. The number of nitrogens with one attached hydrogen (secondary N) is 2. The molecule has 1 amide bonds. The molecule has 0 aromatic carbocycles. The average molecular weight is 611 g/mol. The molecule has 0 radical (unpaired) electrons. The summed E-state index contributed by atoms with van der Waals surface area (Å²) in [5.74, 6) is 0.646. The summed E-state index contributed by atoms with van der Waals surface area (Å²) in [5, 5.41) is 5.21. The van der Waals surface area contributed by atoms with Crippen LogP contribution in [0.3, 0.4) is 0 Å². The third-order valence-electron chi connectivity index (χ3n) is 9.03. The lowest BCUT2D eigenvalue weighted by Crippen LogP contribution is -2.58. The van der Waals surface area contributed by atoms with Crippen molar-refractivity contribution in [2.45, 2.75) is 51.6 Å². The van der Waals surface area contributed by atoms with Crippen LogP contribution in [0.15, 0.2) is 38.4 Å². The highest BCUT2D eigenvalue weighted by atomic mass is 16.5. The molecule has 0 spiro atoms. The number of nitroso groups, excluding NO2 is 1. The summed E-state index contributed by atoms with van der Waals surface area (Å²) in [4.78, 5) is 56.8. The minimum atomic E-state index is -0.588. The van der Waals surface area contributed by atoms with E-state index in [1.54, 1.807) is 0 Å². The van der Waals surface area contributed by atoms with Gasteiger partial charge in [-0.15, -0.1) is 0 Å². The summed E-state index contributed by atoms with van der Waals surface area (Å²) < 4.78 is 5.62. The van der Waals surface area contributed by atoms with E-state index in [9.17, 15) is 14.5 Å². The highest BCUT2D eigenvalue weighted by Gasteiger charge is 2.33. The Morgan fingerprint density at radius 2 is 1.98 bits per heavy atom. The number of amides is 1. The predicted molar refractivity (Wildman–Crippen MR) is 171 cm³/mol. The molecule has 1 aromatic rings. The number of hydrogen-bond acceptors (Lipinski definition) is 12. The van der Waals surface area contributed by atoms with Gasteiger partial charge in [0.05, 0.1) is 13.2 Å². The van der Waals surface area contributed by atoms with Gasteiger partial charge in [0.25, 0.3) is 11.5 Å². The number of nitrogens with two attached hydrogens (primary N) is 1. The second-order valence-electron chi connectivity index (χ2n) is 12.0. The SMILES string of the molecule is CC1=C(CN2CCC(N3CCN(c4nc(N)c(C(=O)NCCN=O)[nH]c4=O)CC3C)CC2)CC=CC(N2CCCOCC2)=N1. The molecule has 5 heterocycles. The summed E-state index contributed by atoms with van der Waals surface area (Å²) in [6.07, 6.45) is 8.60. The van der Waals surface area contributed by atoms with Crippen LogP contribution in [0.1, 0.15) is 50.0 Å². The van der Waals surface area contributed by atoms with E-state index < -0.39 is 11.5 Å². The summed E-state index contributed by atoms with van der Waals surface area (Å²) >= 11 is 0. The maximum atomic E-state index is 12.9. The van der Waals surface area contributed by atoms with Gasteiger partial charge in [-0.25, -0.2) is 9.98 Å². The van der Waals surface area contributed by atoms with Crippen LogP contribution >= 0.6 is 0 Å². The fraction of sp³-hybridized carbons (Fsp3) is 0.667. The van der Waals surface area contributed by atoms with E-state index in [0.29, 0.717) is 19.1 Å². The summed E-state index contributed by atoms with van der Waals surface area (Å²) in [7, 11) is 0. The summed E-state index contributed by atoms with van der Waals surface area (Å²) in [5.41, 5.74) is 8.00. The maximum absolute atomic E-state index is 12.9. The van der Waals surface area contributed by atoms with Crippen LogP contribution in [0.2, 0.25) is 0 Å². The molecule has 44 heavy (non-hydrogen) atoms. The average Bonchev–Trinajstić information content (AvgIpc) is 3.40. The Morgan fingerprint density at radius 1 is 1.16 bits per heavy atom. The number of piperidine rings is 1. The van der Waals surface area contributed by atoms with Gasteiger partial charge in [-0.1, -0.05) is 11.3 Å². The number of aliphatic imine (C=N–C) groups is 1.